The number of nitrogens with one attached hydrogen (secondary N) is 2. The van der Waals surface area contributed by atoms with Crippen LogP contribution < -0.4 is 10.2 Å². The first-order chi connectivity index (χ1) is 11.6. The molecule has 2 aromatic rings. The van der Waals surface area contributed by atoms with Crippen molar-refractivity contribution in [1.29, 1.82) is 0 Å². The molecule has 24 heavy (non-hydrogen) atoms. The number of nitrogens with zero attached hydrogens (tertiary/aromatic N) is 2. The first-order valence-electron chi connectivity index (χ1n) is 7.95. The lowest BCUT2D eigenvalue weighted by Gasteiger charge is -2.20. The van der Waals surface area contributed by atoms with E-state index in [0.717, 1.165) is 24.0 Å². The number of amides is 1. The summed E-state index contributed by atoms with van der Waals surface area (Å²) in [5.74, 6) is -0.538. The molecule has 2 N–H and O–H groups in total. The molecule has 0 saturated carbocycles. The normalized spacial score (nSPS) is 17.0. The number of aromatic nitrogens is 2. The molecule has 3 rings (SSSR count). The fraction of sp³-hybridized carbons (Fsp3) is 0.353. The zero-order valence-electron chi connectivity index (χ0n) is 13.5. The molecule has 1 atom stereocenters. The summed E-state index contributed by atoms with van der Waals surface area (Å²) in [6.45, 7) is 7.03. The first kappa shape index (κ1) is 16.0. The standard InChI is InChI=1S/C17H20N4O3/c1-3-14(22)20-11-6-8-21(10-11)13-5-7-18-16-15(13)12(9-19-16)17(23)24-4-2/h3,5,7,9,11H,1,4,6,8,10H2,2H3,(H,18,19)(H,20,22). The van der Waals surface area contributed by atoms with E-state index in [9.17, 15) is 9.59 Å². The van der Waals surface area contributed by atoms with Crippen LogP contribution >= 0.6 is 0 Å². The fourth-order valence-electron chi connectivity index (χ4n) is 3.03. The summed E-state index contributed by atoms with van der Waals surface area (Å²) in [5.41, 5.74) is 2.04. The number of H-pyrrole nitrogens is 1. The topological polar surface area (TPSA) is 87.3 Å². The molecule has 0 aromatic carbocycles. The van der Waals surface area contributed by atoms with Gasteiger partial charge in [0.05, 0.1) is 23.2 Å². The van der Waals surface area contributed by atoms with Crippen molar-refractivity contribution in [3.05, 3.63) is 36.7 Å². The number of carbonyl (C=O) groups is 2. The van der Waals surface area contributed by atoms with Gasteiger partial charge < -0.3 is 19.9 Å². The van der Waals surface area contributed by atoms with Gasteiger partial charge in [-0.25, -0.2) is 9.78 Å². The van der Waals surface area contributed by atoms with Crippen molar-refractivity contribution in [2.24, 2.45) is 0 Å². The highest BCUT2D eigenvalue weighted by Crippen LogP contribution is 2.31. The van der Waals surface area contributed by atoms with Crippen molar-refractivity contribution in [1.82, 2.24) is 15.3 Å². The summed E-state index contributed by atoms with van der Waals surface area (Å²) in [4.78, 5) is 33.1. The summed E-state index contributed by atoms with van der Waals surface area (Å²) in [6, 6.07) is 1.94. The number of anilines is 1. The molecule has 1 aliphatic rings. The SMILES string of the molecule is C=CC(=O)NC1CCN(c2ccnc3[nH]cc(C(=O)OCC)c23)C1. The molecule has 7 nitrogen and oxygen atoms in total. The molecule has 0 radical (unpaired) electrons. The lowest BCUT2D eigenvalue weighted by atomic mass is 10.1. The number of hydrogen-bond acceptors (Lipinski definition) is 5. The van der Waals surface area contributed by atoms with Crippen LogP contribution in [0.15, 0.2) is 31.1 Å². The lowest BCUT2D eigenvalue weighted by molar-refractivity contribution is -0.117. The maximum atomic E-state index is 12.2. The maximum Gasteiger partial charge on any atom is 0.340 e. The summed E-state index contributed by atoms with van der Waals surface area (Å²) < 4.78 is 5.13. The predicted molar refractivity (Wildman–Crippen MR) is 91.0 cm³/mol. The second-order valence-corrected chi connectivity index (χ2v) is 5.62. The largest absolute Gasteiger partial charge is 0.462 e. The van der Waals surface area contributed by atoms with Crippen molar-refractivity contribution >= 4 is 28.6 Å². The smallest absolute Gasteiger partial charge is 0.340 e. The summed E-state index contributed by atoms with van der Waals surface area (Å²) in [6.07, 6.45) is 5.45. The number of rotatable bonds is 5. The molecular formula is C17H20N4O3. The van der Waals surface area contributed by atoms with E-state index in [-0.39, 0.29) is 17.9 Å². The molecule has 0 bridgehead atoms. The Kier molecular flexibility index (Phi) is 4.50. The highest BCUT2D eigenvalue weighted by molar-refractivity contribution is 6.08. The Morgan fingerprint density at radius 1 is 1.58 bits per heavy atom. The van der Waals surface area contributed by atoms with Crippen LogP contribution in [0.25, 0.3) is 11.0 Å². The zero-order valence-corrected chi connectivity index (χ0v) is 13.5. The van der Waals surface area contributed by atoms with Crippen LogP contribution in [0.1, 0.15) is 23.7 Å². The van der Waals surface area contributed by atoms with Gasteiger partial charge in [0, 0.05) is 31.5 Å². The predicted octanol–water partition coefficient (Wildman–Crippen LogP) is 1.62. The number of pyridine rings is 1. The van der Waals surface area contributed by atoms with E-state index in [0.29, 0.717) is 24.4 Å². The Balaban J connectivity index is 1.90. The number of fused-ring (bicyclic) bond motifs is 1. The maximum absolute atomic E-state index is 12.2. The Hall–Kier alpha value is -2.83. The van der Waals surface area contributed by atoms with E-state index in [1.807, 2.05) is 6.07 Å². The number of hydrogen-bond donors (Lipinski definition) is 2. The lowest BCUT2D eigenvalue weighted by Crippen LogP contribution is -2.36. The summed E-state index contributed by atoms with van der Waals surface area (Å²) in [7, 11) is 0. The monoisotopic (exact) mass is 328 g/mol. The number of aromatic amines is 1. The second kappa shape index (κ2) is 6.74. The van der Waals surface area contributed by atoms with Gasteiger partial charge >= 0.3 is 5.97 Å². The Labute approximate surface area is 139 Å². The molecule has 1 aliphatic heterocycles. The minimum absolute atomic E-state index is 0.0590. The van der Waals surface area contributed by atoms with Crippen LogP contribution in [0.5, 0.6) is 0 Å². The van der Waals surface area contributed by atoms with E-state index in [1.165, 1.54) is 6.08 Å². The molecule has 126 valence electrons. The van der Waals surface area contributed by atoms with E-state index in [1.54, 1.807) is 19.3 Å². The van der Waals surface area contributed by atoms with Gasteiger partial charge in [-0.05, 0) is 25.5 Å². The number of esters is 1. The van der Waals surface area contributed by atoms with Gasteiger partial charge in [0.2, 0.25) is 5.91 Å². The molecule has 0 aliphatic carbocycles. The van der Waals surface area contributed by atoms with Crippen LogP contribution in [-0.2, 0) is 9.53 Å². The van der Waals surface area contributed by atoms with Crippen molar-refractivity contribution in [3.8, 4) is 0 Å². The van der Waals surface area contributed by atoms with Gasteiger partial charge in [-0.15, -0.1) is 0 Å². The molecule has 3 heterocycles. The molecule has 1 amide bonds. The van der Waals surface area contributed by atoms with Crippen molar-refractivity contribution in [3.63, 3.8) is 0 Å². The third kappa shape index (κ3) is 2.97. The summed E-state index contributed by atoms with van der Waals surface area (Å²) >= 11 is 0. The average Bonchev–Trinajstić information content (AvgIpc) is 3.21. The van der Waals surface area contributed by atoms with Gasteiger partial charge in [0.1, 0.15) is 5.65 Å². The van der Waals surface area contributed by atoms with Gasteiger partial charge in [-0.2, -0.15) is 0 Å². The van der Waals surface area contributed by atoms with Gasteiger partial charge in [0.15, 0.2) is 0 Å². The quantitative estimate of drug-likeness (QED) is 0.643. The molecule has 1 unspecified atom stereocenters. The Morgan fingerprint density at radius 2 is 2.42 bits per heavy atom. The van der Waals surface area contributed by atoms with Crippen LogP contribution in [0.4, 0.5) is 5.69 Å². The highest BCUT2D eigenvalue weighted by Gasteiger charge is 2.27. The van der Waals surface area contributed by atoms with Gasteiger partial charge in [-0.1, -0.05) is 6.58 Å². The third-order valence-corrected chi connectivity index (χ3v) is 4.11. The number of carbonyl (C=O) groups excluding carboxylic acids is 2. The van der Waals surface area contributed by atoms with Crippen LogP contribution in [-0.4, -0.2) is 47.6 Å². The van der Waals surface area contributed by atoms with Crippen molar-refractivity contribution < 1.29 is 14.3 Å². The Bertz CT molecular complexity index is 783. The summed E-state index contributed by atoms with van der Waals surface area (Å²) in [5, 5.41) is 3.67. The van der Waals surface area contributed by atoms with E-state index in [2.05, 4.69) is 26.8 Å². The minimum atomic E-state index is -0.367. The van der Waals surface area contributed by atoms with E-state index >= 15 is 0 Å². The Morgan fingerprint density at radius 3 is 3.17 bits per heavy atom. The molecule has 2 aromatic heterocycles. The van der Waals surface area contributed by atoms with E-state index in [4.69, 9.17) is 4.74 Å². The average molecular weight is 328 g/mol. The van der Waals surface area contributed by atoms with Crippen LogP contribution in [0.2, 0.25) is 0 Å². The molecule has 7 heteroatoms. The fourth-order valence-corrected chi connectivity index (χ4v) is 3.03. The van der Waals surface area contributed by atoms with Gasteiger partial charge in [0.25, 0.3) is 0 Å². The third-order valence-electron chi connectivity index (χ3n) is 4.11. The molecule has 0 spiro atoms. The molecule has 1 fully saturated rings. The molecule has 1 saturated heterocycles. The first-order valence-corrected chi connectivity index (χ1v) is 7.95. The minimum Gasteiger partial charge on any atom is -0.462 e. The number of ether oxygens (including phenoxy) is 1. The van der Waals surface area contributed by atoms with Crippen molar-refractivity contribution in [2.45, 2.75) is 19.4 Å². The van der Waals surface area contributed by atoms with Crippen molar-refractivity contribution in [2.75, 3.05) is 24.6 Å². The zero-order chi connectivity index (χ0) is 17.1. The van der Waals surface area contributed by atoms with Crippen LogP contribution in [0.3, 0.4) is 0 Å². The van der Waals surface area contributed by atoms with E-state index < -0.39 is 0 Å². The highest BCUT2D eigenvalue weighted by atomic mass is 16.5. The van der Waals surface area contributed by atoms with Crippen LogP contribution in [0, 0.1) is 0 Å². The van der Waals surface area contributed by atoms with Gasteiger partial charge in [-0.3, -0.25) is 4.79 Å². The molecular weight excluding hydrogens is 308 g/mol. The second-order valence-electron chi connectivity index (χ2n) is 5.62.